The van der Waals surface area contributed by atoms with Gasteiger partial charge in [0.05, 0.1) is 18.2 Å². The molecule has 1 amide bonds. The van der Waals surface area contributed by atoms with Crippen LogP contribution in [0.2, 0.25) is 0 Å². The van der Waals surface area contributed by atoms with E-state index in [1.54, 1.807) is 30.3 Å². The third-order valence-corrected chi connectivity index (χ3v) is 3.77. The highest BCUT2D eigenvalue weighted by atomic mass is 16.5. The molecule has 1 aliphatic heterocycles. The number of carbonyl (C=O) groups is 2. The number of rotatable bonds is 4. The van der Waals surface area contributed by atoms with Gasteiger partial charge in [-0.05, 0) is 18.6 Å². The Hall–Kier alpha value is -2.46. The molecule has 1 atom stereocenters. The van der Waals surface area contributed by atoms with Gasteiger partial charge in [-0.2, -0.15) is 0 Å². The molecule has 1 saturated heterocycles. The molecule has 0 bridgehead atoms. The van der Waals surface area contributed by atoms with Crippen LogP contribution in [0, 0.1) is 5.92 Å². The van der Waals surface area contributed by atoms with Gasteiger partial charge >= 0.3 is 0 Å². The third kappa shape index (κ3) is 3.07. The number of benzene rings is 2. The smallest absolute Gasteiger partial charge is 0.229 e. The first-order valence-corrected chi connectivity index (χ1v) is 7.33. The molecule has 22 heavy (non-hydrogen) atoms. The van der Waals surface area contributed by atoms with Crippen molar-refractivity contribution in [1.82, 2.24) is 0 Å². The van der Waals surface area contributed by atoms with E-state index in [0.717, 1.165) is 6.42 Å². The molecule has 3 rings (SSSR count). The fourth-order valence-electron chi connectivity index (χ4n) is 2.51. The van der Waals surface area contributed by atoms with Gasteiger partial charge < -0.3 is 10.1 Å². The minimum absolute atomic E-state index is 0.0918. The van der Waals surface area contributed by atoms with Gasteiger partial charge in [-0.1, -0.05) is 42.5 Å². The molecule has 2 aromatic carbocycles. The quantitative estimate of drug-likeness (QED) is 0.882. The van der Waals surface area contributed by atoms with Crippen molar-refractivity contribution in [3.05, 3.63) is 65.7 Å². The van der Waals surface area contributed by atoms with Crippen molar-refractivity contribution < 1.29 is 14.3 Å². The van der Waals surface area contributed by atoms with E-state index >= 15 is 0 Å². The normalized spacial score (nSPS) is 17.2. The van der Waals surface area contributed by atoms with Gasteiger partial charge in [0, 0.05) is 17.7 Å². The molecule has 1 aliphatic rings. The second-order valence-corrected chi connectivity index (χ2v) is 5.29. The average Bonchev–Trinajstić information content (AvgIpc) is 3.10. The lowest BCUT2D eigenvalue weighted by atomic mass is 10.0. The highest BCUT2D eigenvalue weighted by molar-refractivity contribution is 6.13. The number of para-hydroxylation sites is 1. The van der Waals surface area contributed by atoms with E-state index in [9.17, 15) is 9.59 Å². The fourth-order valence-corrected chi connectivity index (χ4v) is 2.51. The molecule has 4 heteroatoms. The minimum Gasteiger partial charge on any atom is -0.381 e. The number of hydrogen-bond acceptors (Lipinski definition) is 3. The molecule has 4 nitrogen and oxygen atoms in total. The molecular formula is C18H17NO3. The van der Waals surface area contributed by atoms with Crippen LogP contribution in [0.15, 0.2) is 54.6 Å². The molecule has 1 N–H and O–H groups in total. The Morgan fingerprint density at radius 1 is 1.00 bits per heavy atom. The standard InChI is InChI=1S/C18H17NO3/c20-17(13-6-2-1-3-7-13)15-8-4-5-9-16(15)19-18(21)14-10-11-22-12-14/h1-9,14H,10-12H2,(H,19,21). The summed E-state index contributed by atoms with van der Waals surface area (Å²) in [6, 6.07) is 16.1. The summed E-state index contributed by atoms with van der Waals surface area (Å²) < 4.78 is 5.24. The Labute approximate surface area is 129 Å². The molecule has 1 unspecified atom stereocenters. The number of anilines is 1. The SMILES string of the molecule is O=C(c1ccccc1)c1ccccc1NC(=O)C1CCOC1. The maximum absolute atomic E-state index is 12.6. The predicted molar refractivity (Wildman–Crippen MR) is 83.9 cm³/mol. The van der Waals surface area contributed by atoms with E-state index < -0.39 is 0 Å². The maximum Gasteiger partial charge on any atom is 0.229 e. The Kier molecular flexibility index (Phi) is 4.30. The lowest BCUT2D eigenvalue weighted by Gasteiger charge is -2.13. The van der Waals surface area contributed by atoms with Gasteiger partial charge in [-0.15, -0.1) is 0 Å². The number of hydrogen-bond donors (Lipinski definition) is 1. The first kappa shape index (κ1) is 14.5. The van der Waals surface area contributed by atoms with Crippen molar-refractivity contribution >= 4 is 17.4 Å². The summed E-state index contributed by atoms with van der Waals surface area (Å²) in [7, 11) is 0. The van der Waals surface area contributed by atoms with E-state index in [4.69, 9.17) is 4.74 Å². The number of nitrogens with one attached hydrogen (secondary N) is 1. The Balaban J connectivity index is 1.83. The van der Waals surface area contributed by atoms with Gasteiger partial charge in [-0.3, -0.25) is 9.59 Å². The van der Waals surface area contributed by atoms with Gasteiger partial charge in [0.1, 0.15) is 0 Å². The molecule has 0 saturated carbocycles. The first-order chi connectivity index (χ1) is 10.8. The van der Waals surface area contributed by atoms with Crippen LogP contribution >= 0.6 is 0 Å². The summed E-state index contributed by atoms with van der Waals surface area (Å²) in [4.78, 5) is 24.8. The number of amides is 1. The molecule has 0 spiro atoms. The molecule has 0 aliphatic carbocycles. The summed E-state index contributed by atoms with van der Waals surface area (Å²) >= 11 is 0. The van der Waals surface area contributed by atoms with E-state index in [-0.39, 0.29) is 17.6 Å². The molecule has 0 aromatic heterocycles. The Bertz CT molecular complexity index is 676. The minimum atomic E-state index is -0.139. The van der Waals surface area contributed by atoms with E-state index in [2.05, 4.69) is 5.32 Å². The van der Waals surface area contributed by atoms with Gasteiger partial charge in [0.2, 0.25) is 5.91 Å². The van der Waals surface area contributed by atoms with E-state index in [1.165, 1.54) is 0 Å². The number of ketones is 1. The molecule has 112 valence electrons. The largest absolute Gasteiger partial charge is 0.381 e. The fraction of sp³-hybridized carbons (Fsp3) is 0.222. The van der Waals surface area contributed by atoms with Gasteiger partial charge in [-0.25, -0.2) is 0 Å². The van der Waals surface area contributed by atoms with Gasteiger partial charge in [0.15, 0.2) is 5.78 Å². The summed E-state index contributed by atoms with van der Waals surface area (Å²) in [5.41, 5.74) is 1.66. The van der Waals surface area contributed by atoms with Crippen molar-refractivity contribution in [2.24, 2.45) is 5.92 Å². The zero-order chi connectivity index (χ0) is 15.4. The van der Waals surface area contributed by atoms with Crippen molar-refractivity contribution in [3.8, 4) is 0 Å². The number of carbonyl (C=O) groups excluding carboxylic acids is 2. The third-order valence-electron chi connectivity index (χ3n) is 3.77. The molecule has 1 heterocycles. The topological polar surface area (TPSA) is 55.4 Å². The molecular weight excluding hydrogens is 278 g/mol. The Morgan fingerprint density at radius 2 is 1.73 bits per heavy atom. The van der Waals surface area contributed by atoms with Crippen LogP contribution < -0.4 is 5.32 Å². The summed E-state index contributed by atoms with van der Waals surface area (Å²) in [6.45, 7) is 1.06. The molecule has 2 aromatic rings. The van der Waals surface area contributed by atoms with Crippen LogP contribution in [0.4, 0.5) is 5.69 Å². The highest BCUT2D eigenvalue weighted by Crippen LogP contribution is 2.21. The molecule has 0 radical (unpaired) electrons. The van der Waals surface area contributed by atoms with Crippen LogP contribution in [-0.4, -0.2) is 24.9 Å². The molecule has 1 fully saturated rings. The summed E-state index contributed by atoms with van der Waals surface area (Å²) in [6.07, 6.45) is 0.723. The zero-order valence-electron chi connectivity index (χ0n) is 12.1. The van der Waals surface area contributed by atoms with Crippen LogP contribution in [0.5, 0.6) is 0 Å². The first-order valence-electron chi connectivity index (χ1n) is 7.33. The summed E-state index contributed by atoms with van der Waals surface area (Å²) in [5, 5.41) is 2.86. The van der Waals surface area contributed by atoms with Crippen LogP contribution in [0.25, 0.3) is 0 Å². The summed E-state index contributed by atoms with van der Waals surface area (Å²) in [5.74, 6) is -0.329. The number of ether oxygens (including phenoxy) is 1. The Morgan fingerprint density at radius 3 is 2.45 bits per heavy atom. The maximum atomic E-state index is 12.6. The highest BCUT2D eigenvalue weighted by Gasteiger charge is 2.24. The van der Waals surface area contributed by atoms with E-state index in [0.29, 0.717) is 30.0 Å². The van der Waals surface area contributed by atoms with Crippen molar-refractivity contribution in [1.29, 1.82) is 0 Å². The lowest BCUT2D eigenvalue weighted by Crippen LogP contribution is -2.24. The lowest BCUT2D eigenvalue weighted by molar-refractivity contribution is -0.119. The zero-order valence-corrected chi connectivity index (χ0v) is 12.1. The van der Waals surface area contributed by atoms with Gasteiger partial charge in [0.25, 0.3) is 0 Å². The van der Waals surface area contributed by atoms with Crippen LogP contribution in [0.1, 0.15) is 22.3 Å². The second-order valence-electron chi connectivity index (χ2n) is 5.29. The van der Waals surface area contributed by atoms with E-state index in [1.807, 2.05) is 24.3 Å². The monoisotopic (exact) mass is 295 g/mol. The van der Waals surface area contributed by atoms with Crippen molar-refractivity contribution in [2.45, 2.75) is 6.42 Å². The predicted octanol–water partition coefficient (Wildman–Crippen LogP) is 2.89. The van der Waals surface area contributed by atoms with Crippen LogP contribution in [0.3, 0.4) is 0 Å². The van der Waals surface area contributed by atoms with Crippen molar-refractivity contribution in [2.75, 3.05) is 18.5 Å². The van der Waals surface area contributed by atoms with Crippen molar-refractivity contribution in [3.63, 3.8) is 0 Å². The second kappa shape index (κ2) is 6.54. The average molecular weight is 295 g/mol. The van der Waals surface area contributed by atoms with Crippen LogP contribution in [-0.2, 0) is 9.53 Å².